The van der Waals surface area contributed by atoms with E-state index in [2.05, 4.69) is 15.1 Å². The van der Waals surface area contributed by atoms with E-state index < -0.39 is 28.8 Å². The van der Waals surface area contributed by atoms with E-state index in [4.69, 9.17) is 5.73 Å². The fourth-order valence-electron chi connectivity index (χ4n) is 3.43. The first-order valence-corrected chi connectivity index (χ1v) is 8.68. The van der Waals surface area contributed by atoms with Gasteiger partial charge < -0.3 is 10.6 Å². The first kappa shape index (κ1) is 18.5. The topological polar surface area (TPSA) is 72.9 Å². The predicted octanol–water partition coefficient (Wildman–Crippen LogP) is 3.94. The molecule has 148 valence electrons. The van der Waals surface area contributed by atoms with Crippen molar-refractivity contribution in [2.24, 2.45) is 0 Å². The Bertz CT molecular complexity index is 1080. The van der Waals surface area contributed by atoms with Crippen LogP contribution in [0.3, 0.4) is 0 Å². The van der Waals surface area contributed by atoms with Gasteiger partial charge in [-0.05, 0) is 25.8 Å². The Hall–Kier alpha value is -2.91. The van der Waals surface area contributed by atoms with Gasteiger partial charge in [-0.25, -0.2) is 14.4 Å². The molecule has 10 heteroatoms. The molecule has 0 spiro atoms. The minimum atomic E-state index is -4.74. The number of nitrogens with zero attached hydrogens (tertiary/aromatic N) is 5. The number of rotatable bonds is 3. The molecule has 4 rings (SSSR count). The number of fused-ring (bicyclic) bond motifs is 1. The van der Waals surface area contributed by atoms with Crippen LogP contribution in [-0.4, -0.2) is 33.8 Å². The fourth-order valence-corrected chi connectivity index (χ4v) is 3.43. The van der Waals surface area contributed by atoms with Crippen molar-refractivity contribution in [3.8, 4) is 11.3 Å². The zero-order chi connectivity index (χ0) is 20.4. The third-order valence-electron chi connectivity index (χ3n) is 4.74. The van der Waals surface area contributed by atoms with E-state index in [1.54, 1.807) is 19.0 Å². The van der Waals surface area contributed by atoms with E-state index in [1.165, 1.54) is 17.8 Å². The molecule has 0 amide bonds. The molecule has 0 unspecified atom stereocenters. The zero-order valence-corrected chi connectivity index (χ0v) is 15.5. The number of hydrogen-bond acceptors (Lipinski definition) is 5. The molecule has 6 nitrogen and oxygen atoms in total. The van der Waals surface area contributed by atoms with Crippen molar-refractivity contribution in [3.05, 3.63) is 29.3 Å². The van der Waals surface area contributed by atoms with E-state index in [-0.39, 0.29) is 23.1 Å². The second-order valence-corrected chi connectivity index (χ2v) is 7.13. The number of nitrogens with two attached hydrogens (primary N) is 1. The molecule has 0 radical (unpaired) electrons. The van der Waals surface area contributed by atoms with Gasteiger partial charge in [-0.1, -0.05) is 0 Å². The maximum absolute atomic E-state index is 15.5. The van der Waals surface area contributed by atoms with E-state index in [0.29, 0.717) is 11.2 Å². The highest BCUT2D eigenvalue weighted by Crippen LogP contribution is 2.44. The quantitative estimate of drug-likeness (QED) is 0.681. The highest BCUT2D eigenvalue weighted by Gasteiger charge is 2.38. The van der Waals surface area contributed by atoms with E-state index >= 15 is 4.39 Å². The number of halogens is 4. The lowest BCUT2D eigenvalue weighted by atomic mass is 10.0. The van der Waals surface area contributed by atoms with Gasteiger partial charge in [0.2, 0.25) is 0 Å². The molecular weight excluding hydrogens is 376 g/mol. The van der Waals surface area contributed by atoms with E-state index in [9.17, 15) is 13.2 Å². The normalized spacial score (nSPS) is 14.7. The molecule has 3 aromatic heterocycles. The van der Waals surface area contributed by atoms with Crippen LogP contribution in [0.5, 0.6) is 0 Å². The van der Waals surface area contributed by atoms with Gasteiger partial charge in [-0.3, -0.25) is 4.68 Å². The average molecular weight is 394 g/mol. The summed E-state index contributed by atoms with van der Waals surface area (Å²) in [4.78, 5) is 9.55. The Morgan fingerprint density at radius 1 is 1.21 bits per heavy atom. The predicted molar refractivity (Wildman–Crippen MR) is 97.5 cm³/mol. The number of aromatic nitrogens is 4. The molecule has 0 atom stereocenters. The van der Waals surface area contributed by atoms with Crippen LogP contribution in [0.25, 0.3) is 22.2 Å². The lowest BCUT2D eigenvalue weighted by molar-refractivity contribution is -0.137. The number of nitrogen functional groups attached to an aromatic ring is 1. The van der Waals surface area contributed by atoms with Gasteiger partial charge in [0.05, 0.1) is 28.9 Å². The van der Waals surface area contributed by atoms with Gasteiger partial charge in [-0.2, -0.15) is 18.3 Å². The van der Waals surface area contributed by atoms with Crippen LogP contribution in [0, 0.1) is 12.7 Å². The van der Waals surface area contributed by atoms with Crippen LogP contribution in [0.15, 0.2) is 12.3 Å². The number of anilines is 2. The summed E-state index contributed by atoms with van der Waals surface area (Å²) >= 11 is 0. The summed E-state index contributed by atoms with van der Waals surface area (Å²) < 4.78 is 58.3. The number of pyridine rings is 2. The molecule has 1 fully saturated rings. The van der Waals surface area contributed by atoms with Crippen molar-refractivity contribution >= 4 is 22.5 Å². The second-order valence-electron chi connectivity index (χ2n) is 7.13. The first-order valence-electron chi connectivity index (χ1n) is 8.68. The summed E-state index contributed by atoms with van der Waals surface area (Å²) in [6.45, 7) is 1.19. The summed E-state index contributed by atoms with van der Waals surface area (Å²) in [6.07, 6.45) is -1.54. The molecule has 1 saturated carbocycles. The average Bonchev–Trinajstić information content (AvgIpc) is 3.31. The van der Waals surface area contributed by atoms with Gasteiger partial charge >= 0.3 is 6.18 Å². The lowest BCUT2D eigenvalue weighted by Crippen LogP contribution is -2.16. The lowest BCUT2D eigenvalue weighted by Gasteiger charge is -2.19. The van der Waals surface area contributed by atoms with Crippen molar-refractivity contribution in [1.82, 2.24) is 19.7 Å². The molecule has 1 aliphatic carbocycles. The monoisotopic (exact) mass is 394 g/mol. The number of aryl methyl sites for hydroxylation is 1. The molecule has 0 saturated heterocycles. The molecule has 28 heavy (non-hydrogen) atoms. The smallest absolute Gasteiger partial charge is 0.384 e. The summed E-state index contributed by atoms with van der Waals surface area (Å²) in [5, 5.41) is 4.70. The molecule has 0 bridgehead atoms. The fraction of sp³-hybridized carbons (Fsp3) is 0.389. The molecule has 2 N–H and O–H groups in total. The molecule has 0 aliphatic heterocycles. The van der Waals surface area contributed by atoms with Crippen molar-refractivity contribution in [2.75, 3.05) is 24.7 Å². The van der Waals surface area contributed by atoms with Crippen molar-refractivity contribution in [1.29, 1.82) is 0 Å². The highest BCUT2D eigenvalue weighted by molar-refractivity contribution is 5.93. The minimum Gasteiger partial charge on any atom is -0.384 e. The van der Waals surface area contributed by atoms with Crippen LogP contribution < -0.4 is 10.6 Å². The highest BCUT2D eigenvalue weighted by atomic mass is 19.4. The Balaban J connectivity index is 2.11. The van der Waals surface area contributed by atoms with E-state index in [0.717, 1.165) is 18.9 Å². The summed E-state index contributed by atoms with van der Waals surface area (Å²) in [6, 6.07) is 1.06. The molecule has 1 aliphatic rings. The molecule has 3 heterocycles. The van der Waals surface area contributed by atoms with Gasteiger partial charge in [0.25, 0.3) is 0 Å². The summed E-state index contributed by atoms with van der Waals surface area (Å²) in [5.41, 5.74) is 3.62. The maximum atomic E-state index is 15.5. The number of hydrogen-bond donors (Lipinski definition) is 1. The van der Waals surface area contributed by atoms with Crippen LogP contribution in [-0.2, 0) is 6.18 Å². The Labute approximate surface area is 158 Å². The summed E-state index contributed by atoms with van der Waals surface area (Å²) in [5.74, 6) is -0.649. The third-order valence-corrected chi connectivity index (χ3v) is 4.74. The largest absolute Gasteiger partial charge is 0.418 e. The standard InChI is InChI=1S/C18H18F4N6/c1-8-13(18(20,21)22)10(6-12(23)25-8)15-14(19)16-11(17(26-15)27(2)3)7-24-28(16)9-4-5-9/h6-7,9H,4-5H2,1-3H3,(H2,23,25). The molecular formula is C18H18F4N6. The zero-order valence-electron chi connectivity index (χ0n) is 15.5. The summed E-state index contributed by atoms with van der Waals surface area (Å²) in [7, 11) is 3.38. The van der Waals surface area contributed by atoms with Crippen molar-refractivity contribution in [3.63, 3.8) is 0 Å². The second kappa shape index (κ2) is 6.05. The Kier molecular flexibility index (Phi) is 3.98. The first-order chi connectivity index (χ1) is 13.1. The van der Waals surface area contributed by atoms with Gasteiger partial charge in [0.1, 0.15) is 22.8 Å². The van der Waals surface area contributed by atoms with Crippen LogP contribution in [0.2, 0.25) is 0 Å². The maximum Gasteiger partial charge on any atom is 0.418 e. The Morgan fingerprint density at radius 3 is 2.46 bits per heavy atom. The SMILES string of the molecule is Cc1nc(N)cc(-c2nc(N(C)C)c3cnn(C4CC4)c3c2F)c1C(F)(F)F. The van der Waals surface area contributed by atoms with Crippen LogP contribution in [0.4, 0.5) is 29.2 Å². The minimum absolute atomic E-state index is 0.0450. The van der Waals surface area contributed by atoms with Crippen LogP contribution in [0.1, 0.15) is 30.1 Å². The van der Waals surface area contributed by atoms with Crippen LogP contribution >= 0.6 is 0 Å². The van der Waals surface area contributed by atoms with Gasteiger partial charge in [-0.15, -0.1) is 0 Å². The Morgan fingerprint density at radius 2 is 1.89 bits per heavy atom. The number of alkyl halides is 3. The van der Waals surface area contributed by atoms with Gasteiger partial charge in [0.15, 0.2) is 5.82 Å². The van der Waals surface area contributed by atoms with Crippen molar-refractivity contribution < 1.29 is 17.6 Å². The molecule has 0 aromatic carbocycles. The van der Waals surface area contributed by atoms with E-state index in [1.807, 2.05) is 0 Å². The van der Waals surface area contributed by atoms with Gasteiger partial charge in [0, 0.05) is 19.7 Å². The van der Waals surface area contributed by atoms with Crippen molar-refractivity contribution in [2.45, 2.75) is 32.0 Å². The third kappa shape index (κ3) is 2.83. The molecule has 3 aromatic rings.